The van der Waals surface area contributed by atoms with Crippen molar-refractivity contribution in [3.63, 3.8) is 0 Å². The largest absolute Gasteiger partial charge is 0.481 e. The van der Waals surface area contributed by atoms with Crippen molar-refractivity contribution in [3.05, 3.63) is 0 Å². The number of hydrogen-bond donors (Lipinski definition) is 1. The molecule has 4 rings (SSSR count). The maximum absolute atomic E-state index is 10.8. The number of carboxylic acid groups (broad SMARTS) is 1. The molecule has 0 radical (unpaired) electrons. The fraction of sp³-hybridized carbons (Fsp3) is 0.923. The monoisotopic (exact) mass is 238 g/mol. The molecule has 96 valence electrons. The van der Waals surface area contributed by atoms with Crippen molar-refractivity contribution in [1.29, 1.82) is 0 Å². The predicted molar refractivity (Wildman–Crippen MR) is 64.9 cm³/mol. The van der Waals surface area contributed by atoms with Crippen LogP contribution in [0, 0.1) is 11.8 Å². The fourth-order valence-electron chi connectivity index (χ4n) is 4.37. The molecule has 2 bridgehead atoms. The van der Waals surface area contributed by atoms with E-state index in [2.05, 4.69) is 16.8 Å². The highest BCUT2D eigenvalue weighted by Crippen LogP contribution is 2.44. The number of carbonyl (C=O) groups is 1. The number of likely N-dealkylation sites (N-methyl/N-ethyl adjacent to an activating group) is 1. The number of carboxylic acids is 1. The minimum Gasteiger partial charge on any atom is -0.481 e. The van der Waals surface area contributed by atoms with Crippen LogP contribution >= 0.6 is 0 Å². The summed E-state index contributed by atoms with van der Waals surface area (Å²) in [5, 5.41) is 8.86. The Morgan fingerprint density at radius 3 is 2.71 bits per heavy atom. The SMILES string of the molecule is CN1CC2C3CCN(CC3)C2C1CCC(=O)O. The molecule has 0 aromatic carbocycles. The van der Waals surface area contributed by atoms with Crippen LogP contribution in [0.4, 0.5) is 0 Å². The van der Waals surface area contributed by atoms with Gasteiger partial charge in [0.25, 0.3) is 0 Å². The van der Waals surface area contributed by atoms with Crippen LogP contribution in [0.5, 0.6) is 0 Å². The predicted octanol–water partition coefficient (Wildman–Crippen LogP) is 0.876. The summed E-state index contributed by atoms with van der Waals surface area (Å²) in [6.07, 6.45) is 3.86. The molecule has 17 heavy (non-hydrogen) atoms. The fourth-order valence-corrected chi connectivity index (χ4v) is 4.37. The maximum atomic E-state index is 10.8. The molecule has 4 aliphatic heterocycles. The Morgan fingerprint density at radius 2 is 2.06 bits per heavy atom. The van der Waals surface area contributed by atoms with Gasteiger partial charge in [-0.15, -0.1) is 0 Å². The molecule has 4 fully saturated rings. The number of nitrogens with zero attached hydrogens (tertiary/aromatic N) is 2. The van der Waals surface area contributed by atoms with Crippen LogP contribution in [-0.4, -0.2) is 59.6 Å². The Balaban J connectivity index is 1.73. The van der Waals surface area contributed by atoms with E-state index in [-0.39, 0.29) is 0 Å². The molecular weight excluding hydrogens is 216 g/mol. The summed E-state index contributed by atoms with van der Waals surface area (Å²) in [5.41, 5.74) is 0. The molecular formula is C13H22N2O2. The number of piperidine rings is 3. The number of likely N-dealkylation sites (tertiary alicyclic amines) is 1. The highest BCUT2D eigenvalue weighted by Gasteiger charge is 2.50. The van der Waals surface area contributed by atoms with Gasteiger partial charge in [0, 0.05) is 25.0 Å². The summed E-state index contributed by atoms with van der Waals surface area (Å²) in [4.78, 5) is 15.8. The van der Waals surface area contributed by atoms with Gasteiger partial charge in [-0.2, -0.15) is 0 Å². The molecule has 4 heteroatoms. The molecule has 0 amide bonds. The third kappa shape index (κ3) is 1.87. The first-order valence-electron chi connectivity index (χ1n) is 6.83. The smallest absolute Gasteiger partial charge is 0.303 e. The lowest BCUT2D eigenvalue weighted by molar-refractivity contribution is -0.137. The van der Waals surface area contributed by atoms with Gasteiger partial charge in [-0.25, -0.2) is 0 Å². The molecule has 4 nitrogen and oxygen atoms in total. The van der Waals surface area contributed by atoms with Crippen molar-refractivity contribution < 1.29 is 9.90 Å². The Morgan fingerprint density at radius 1 is 1.35 bits per heavy atom. The van der Waals surface area contributed by atoms with Crippen LogP contribution in [0.25, 0.3) is 0 Å². The Bertz CT molecular complexity index is 313. The zero-order chi connectivity index (χ0) is 12.0. The van der Waals surface area contributed by atoms with Crippen molar-refractivity contribution in [1.82, 2.24) is 9.80 Å². The number of aliphatic carboxylic acids is 1. The lowest BCUT2D eigenvalue weighted by atomic mass is 9.73. The summed E-state index contributed by atoms with van der Waals surface area (Å²) in [7, 11) is 2.17. The van der Waals surface area contributed by atoms with Crippen LogP contribution < -0.4 is 0 Å². The zero-order valence-corrected chi connectivity index (χ0v) is 10.5. The molecule has 0 aromatic heterocycles. The summed E-state index contributed by atoms with van der Waals surface area (Å²) >= 11 is 0. The van der Waals surface area contributed by atoms with Gasteiger partial charge in [-0.05, 0) is 51.2 Å². The quantitative estimate of drug-likeness (QED) is 0.792. The van der Waals surface area contributed by atoms with Crippen LogP contribution in [0.1, 0.15) is 25.7 Å². The Labute approximate surface area is 103 Å². The van der Waals surface area contributed by atoms with Crippen LogP contribution in [-0.2, 0) is 4.79 Å². The van der Waals surface area contributed by atoms with Gasteiger partial charge in [0.15, 0.2) is 0 Å². The molecule has 0 aromatic rings. The third-order valence-corrected chi connectivity index (χ3v) is 5.15. The molecule has 4 saturated heterocycles. The van der Waals surface area contributed by atoms with Gasteiger partial charge < -0.3 is 10.0 Å². The van der Waals surface area contributed by atoms with Crippen molar-refractivity contribution in [2.24, 2.45) is 11.8 Å². The first-order valence-corrected chi connectivity index (χ1v) is 6.83. The number of rotatable bonds is 3. The summed E-state index contributed by atoms with van der Waals surface area (Å²) in [6.45, 7) is 3.66. The maximum Gasteiger partial charge on any atom is 0.303 e. The number of hydrogen-bond acceptors (Lipinski definition) is 3. The van der Waals surface area contributed by atoms with E-state index in [1.54, 1.807) is 0 Å². The van der Waals surface area contributed by atoms with E-state index in [1.807, 2.05) is 0 Å². The lowest BCUT2D eigenvalue weighted by Gasteiger charge is -2.49. The zero-order valence-electron chi connectivity index (χ0n) is 10.5. The van der Waals surface area contributed by atoms with E-state index < -0.39 is 5.97 Å². The summed E-state index contributed by atoms with van der Waals surface area (Å²) < 4.78 is 0. The standard InChI is InChI=1S/C13H22N2O2/c1-14-8-10-9-4-6-15(7-5-9)13(10)11(14)2-3-12(16)17/h9-11,13H,2-8H2,1H3,(H,16,17). The first-order chi connectivity index (χ1) is 8.16. The minimum atomic E-state index is -0.655. The van der Waals surface area contributed by atoms with Gasteiger partial charge in [0.05, 0.1) is 0 Å². The second kappa shape index (κ2) is 4.25. The minimum absolute atomic E-state index is 0.316. The molecule has 3 atom stereocenters. The third-order valence-electron chi connectivity index (χ3n) is 5.15. The molecule has 4 heterocycles. The van der Waals surface area contributed by atoms with Crippen molar-refractivity contribution in [2.75, 3.05) is 26.7 Å². The Kier molecular flexibility index (Phi) is 2.87. The number of fused-ring (bicyclic) bond motifs is 2. The van der Waals surface area contributed by atoms with Crippen LogP contribution in [0.2, 0.25) is 0 Å². The van der Waals surface area contributed by atoms with Crippen molar-refractivity contribution >= 4 is 5.97 Å². The van der Waals surface area contributed by atoms with Gasteiger partial charge in [-0.3, -0.25) is 9.69 Å². The van der Waals surface area contributed by atoms with Crippen LogP contribution in [0.15, 0.2) is 0 Å². The van der Waals surface area contributed by atoms with Gasteiger partial charge in [0.2, 0.25) is 0 Å². The van der Waals surface area contributed by atoms with E-state index in [0.717, 1.165) is 18.3 Å². The molecule has 0 aliphatic carbocycles. The first kappa shape index (κ1) is 11.5. The second-order valence-electron chi connectivity index (χ2n) is 5.97. The summed E-state index contributed by atoms with van der Waals surface area (Å²) in [5.74, 6) is 1.06. The normalized spacial score (nSPS) is 44.9. The van der Waals surface area contributed by atoms with E-state index >= 15 is 0 Å². The molecule has 1 N–H and O–H groups in total. The van der Waals surface area contributed by atoms with E-state index in [0.29, 0.717) is 18.5 Å². The van der Waals surface area contributed by atoms with Crippen molar-refractivity contribution in [2.45, 2.75) is 37.8 Å². The lowest BCUT2D eigenvalue weighted by Crippen LogP contribution is -2.57. The average molecular weight is 238 g/mol. The van der Waals surface area contributed by atoms with Crippen LogP contribution in [0.3, 0.4) is 0 Å². The molecule has 3 unspecified atom stereocenters. The van der Waals surface area contributed by atoms with Crippen molar-refractivity contribution in [3.8, 4) is 0 Å². The van der Waals surface area contributed by atoms with E-state index in [4.69, 9.17) is 5.11 Å². The topological polar surface area (TPSA) is 43.8 Å². The summed E-state index contributed by atoms with van der Waals surface area (Å²) in [6, 6.07) is 1.12. The van der Waals surface area contributed by atoms with E-state index in [9.17, 15) is 4.79 Å². The Hall–Kier alpha value is -0.610. The molecule has 4 aliphatic rings. The van der Waals surface area contributed by atoms with E-state index in [1.165, 1.54) is 32.5 Å². The second-order valence-corrected chi connectivity index (χ2v) is 5.97. The molecule has 0 saturated carbocycles. The average Bonchev–Trinajstić information content (AvgIpc) is 2.66. The molecule has 0 spiro atoms. The highest BCUT2D eigenvalue weighted by atomic mass is 16.4. The van der Waals surface area contributed by atoms with Gasteiger partial charge in [0.1, 0.15) is 0 Å². The van der Waals surface area contributed by atoms with Gasteiger partial charge in [-0.1, -0.05) is 0 Å². The van der Waals surface area contributed by atoms with Gasteiger partial charge >= 0.3 is 5.97 Å². The highest BCUT2D eigenvalue weighted by molar-refractivity contribution is 5.66.